The second-order valence-electron chi connectivity index (χ2n) is 4.16. The van der Waals surface area contributed by atoms with Crippen molar-refractivity contribution in [2.45, 2.75) is 18.4 Å². The number of phenols is 1. The molecular weight excluding hydrogens is 208 g/mol. The molecule has 1 heterocycles. The number of hydrogen-bond donors (Lipinski definition) is 3. The Kier molecular flexibility index (Phi) is 1.58. The molecule has 1 spiro atoms. The van der Waals surface area contributed by atoms with Gasteiger partial charge in [-0.05, 0) is 36.1 Å². The van der Waals surface area contributed by atoms with Crippen LogP contribution in [0.3, 0.4) is 0 Å². The van der Waals surface area contributed by atoms with E-state index in [1.165, 1.54) is 0 Å². The van der Waals surface area contributed by atoms with Gasteiger partial charge in [0.25, 0.3) is 5.91 Å². The van der Waals surface area contributed by atoms with Crippen LogP contribution in [-0.4, -0.2) is 17.0 Å². The topological polar surface area (TPSA) is 78.4 Å². The first-order valence-electron chi connectivity index (χ1n) is 5.08. The summed E-state index contributed by atoms with van der Waals surface area (Å²) in [6, 6.07) is 4.46. The van der Waals surface area contributed by atoms with Crippen LogP contribution in [0.25, 0.3) is 0 Å². The fraction of sp³-hybridized carbons (Fsp3) is 0.273. The zero-order valence-electron chi connectivity index (χ0n) is 8.41. The summed E-state index contributed by atoms with van der Waals surface area (Å²) in [4.78, 5) is 23.0. The number of nitrogens with one attached hydrogen (secondary N) is 2. The van der Waals surface area contributed by atoms with E-state index in [1.54, 1.807) is 18.2 Å². The molecule has 0 saturated carbocycles. The van der Waals surface area contributed by atoms with Crippen molar-refractivity contribution in [3.8, 4) is 5.75 Å². The fourth-order valence-electron chi connectivity index (χ4n) is 2.49. The minimum absolute atomic E-state index is 0.106. The van der Waals surface area contributed by atoms with Crippen molar-refractivity contribution in [3.63, 3.8) is 0 Å². The number of benzene rings is 1. The van der Waals surface area contributed by atoms with Crippen molar-refractivity contribution in [1.82, 2.24) is 10.6 Å². The summed E-state index contributed by atoms with van der Waals surface area (Å²) in [5.74, 6) is -0.226. The Morgan fingerprint density at radius 1 is 1.31 bits per heavy atom. The van der Waals surface area contributed by atoms with Gasteiger partial charge in [-0.3, -0.25) is 10.1 Å². The SMILES string of the molecule is O=C1NC(=O)C2(CCc3ccc(O)cc32)N1. The maximum absolute atomic E-state index is 11.8. The van der Waals surface area contributed by atoms with Crippen molar-refractivity contribution >= 4 is 11.9 Å². The van der Waals surface area contributed by atoms with E-state index < -0.39 is 11.6 Å². The minimum atomic E-state index is -0.967. The molecule has 1 fully saturated rings. The number of rotatable bonds is 0. The quantitative estimate of drug-likeness (QED) is 0.550. The summed E-state index contributed by atoms with van der Waals surface area (Å²) in [6.07, 6.45) is 1.27. The van der Waals surface area contributed by atoms with Crippen molar-refractivity contribution in [3.05, 3.63) is 29.3 Å². The average molecular weight is 218 g/mol. The molecule has 5 heteroatoms. The molecule has 0 radical (unpaired) electrons. The van der Waals surface area contributed by atoms with Crippen LogP contribution in [-0.2, 0) is 16.8 Å². The molecule has 82 valence electrons. The molecule has 3 rings (SSSR count). The standard InChI is InChI=1S/C11H10N2O3/c14-7-2-1-6-3-4-11(8(6)5-7)9(15)12-10(16)13-11/h1-2,5,14H,3-4H2,(H2,12,13,15,16). The molecule has 1 aromatic rings. The second-order valence-corrected chi connectivity index (χ2v) is 4.16. The largest absolute Gasteiger partial charge is 0.508 e. The first-order chi connectivity index (χ1) is 7.62. The lowest BCUT2D eigenvalue weighted by Gasteiger charge is -2.20. The van der Waals surface area contributed by atoms with Crippen LogP contribution in [0.5, 0.6) is 5.75 Å². The van der Waals surface area contributed by atoms with E-state index in [9.17, 15) is 14.7 Å². The Bertz CT molecular complexity index is 512. The van der Waals surface area contributed by atoms with Gasteiger partial charge in [0.05, 0.1) is 0 Å². The van der Waals surface area contributed by atoms with Gasteiger partial charge in [-0.1, -0.05) is 6.07 Å². The predicted molar refractivity (Wildman–Crippen MR) is 54.8 cm³/mol. The van der Waals surface area contributed by atoms with Gasteiger partial charge in [-0.2, -0.15) is 0 Å². The fourth-order valence-corrected chi connectivity index (χ4v) is 2.49. The van der Waals surface area contributed by atoms with E-state index in [4.69, 9.17) is 0 Å². The van der Waals surface area contributed by atoms with E-state index in [0.29, 0.717) is 12.0 Å². The molecule has 1 aliphatic heterocycles. The summed E-state index contributed by atoms with van der Waals surface area (Å²) in [5, 5.41) is 14.3. The van der Waals surface area contributed by atoms with Crippen LogP contribution in [0.15, 0.2) is 18.2 Å². The number of fused-ring (bicyclic) bond motifs is 2. The molecular formula is C11H10N2O3. The maximum atomic E-state index is 11.8. The number of carbonyl (C=O) groups excluding carboxylic acids is 2. The molecule has 5 nitrogen and oxygen atoms in total. The van der Waals surface area contributed by atoms with Gasteiger partial charge in [-0.25, -0.2) is 4.79 Å². The number of aromatic hydroxyl groups is 1. The molecule has 16 heavy (non-hydrogen) atoms. The van der Waals surface area contributed by atoms with Gasteiger partial charge >= 0.3 is 6.03 Å². The molecule has 2 aliphatic rings. The Labute approximate surface area is 91.5 Å². The molecule has 3 N–H and O–H groups in total. The van der Waals surface area contributed by atoms with Crippen LogP contribution >= 0.6 is 0 Å². The average Bonchev–Trinajstić information content (AvgIpc) is 2.71. The molecule has 0 aromatic heterocycles. The first kappa shape index (κ1) is 9.21. The van der Waals surface area contributed by atoms with E-state index in [0.717, 1.165) is 12.0 Å². The Morgan fingerprint density at radius 2 is 2.12 bits per heavy atom. The predicted octanol–water partition coefficient (Wildman–Crippen LogP) is 0.373. The summed E-state index contributed by atoms with van der Waals surface area (Å²) < 4.78 is 0. The highest BCUT2D eigenvalue weighted by Gasteiger charge is 2.51. The summed E-state index contributed by atoms with van der Waals surface area (Å²) in [5.41, 5.74) is 0.733. The third kappa shape index (κ3) is 0.997. The van der Waals surface area contributed by atoms with Crippen LogP contribution in [0.4, 0.5) is 4.79 Å². The number of phenolic OH excluding ortho intramolecular Hbond substituents is 1. The van der Waals surface area contributed by atoms with Crippen LogP contribution in [0.1, 0.15) is 17.5 Å². The number of hydrogen-bond acceptors (Lipinski definition) is 3. The zero-order valence-corrected chi connectivity index (χ0v) is 8.41. The lowest BCUT2D eigenvalue weighted by molar-refractivity contribution is -0.124. The maximum Gasteiger partial charge on any atom is 0.322 e. The lowest BCUT2D eigenvalue weighted by Crippen LogP contribution is -2.41. The van der Waals surface area contributed by atoms with Gasteiger partial charge in [0.2, 0.25) is 0 Å². The lowest BCUT2D eigenvalue weighted by atomic mass is 9.92. The highest BCUT2D eigenvalue weighted by molar-refractivity contribution is 6.08. The van der Waals surface area contributed by atoms with Gasteiger partial charge in [0, 0.05) is 0 Å². The van der Waals surface area contributed by atoms with Crippen LogP contribution in [0, 0.1) is 0 Å². The van der Waals surface area contributed by atoms with Crippen molar-refractivity contribution < 1.29 is 14.7 Å². The van der Waals surface area contributed by atoms with Gasteiger partial charge < -0.3 is 10.4 Å². The number of urea groups is 1. The number of imide groups is 1. The third-order valence-electron chi connectivity index (χ3n) is 3.26. The molecule has 1 aromatic carbocycles. The van der Waals surface area contributed by atoms with Gasteiger partial charge in [0.15, 0.2) is 0 Å². The van der Waals surface area contributed by atoms with E-state index in [1.807, 2.05) is 0 Å². The number of aryl methyl sites for hydroxylation is 1. The molecule has 1 unspecified atom stereocenters. The Balaban J connectivity index is 2.18. The van der Waals surface area contributed by atoms with Crippen molar-refractivity contribution in [2.75, 3.05) is 0 Å². The molecule has 3 amide bonds. The highest BCUT2D eigenvalue weighted by Crippen LogP contribution is 2.40. The minimum Gasteiger partial charge on any atom is -0.508 e. The monoisotopic (exact) mass is 218 g/mol. The second kappa shape index (κ2) is 2.75. The molecule has 1 atom stereocenters. The zero-order chi connectivity index (χ0) is 11.3. The smallest absolute Gasteiger partial charge is 0.322 e. The highest BCUT2D eigenvalue weighted by atomic mass is 16.3. The van der Waals surface area contributed by atoms with Crippen molar-refractivity contribution in [1.29, 1.82) is 0 Å². The van der Waals surface area contributed by atoms with Crippen LogP contribution in [0.2, 0.25) is 0 Å². The van der Waals surface area contributed by atoms with Crippen LogP contribution < -0.4 is 10.6 Å². The normalized spacial score (nSPS) is 26.8. The van der Waals surface area contributed by atoms with E-state index in [2.05, 4.69) is 10.6 Å². The number of amides is 3. The van der Waals surface area contributed by atoms with Crippen molar-refractivity contribution in [2.24, 2.45) is 0 Å². The first-order valence-corrected chi connectivity index (χ1v) is 5.08. The molecule has 1 aliphatic carbocycles. The molecule has 0 bridgehead atoms. The Morgan fingerprint density at radius 3 is 2.81 bits per heavy atom. The van der Waals surface area contributed by atoms with E-state index in [-0.39, 0.29) is 11.7 Å². The summed E-state index contributed by atoms with van der Waals surface area (Å²) in [6.45, 7) is 0. The third-order valence-corrected chi connectivity index (χ3v) is 3.26. The molecule has 1 saturated heterocycles. The number of carbonyl (C=O) groups is 2. The summed E-state index contributed by atoms with van der Waals surface area (Å²) in [7, 11) is 0. The van der Waals surface area contributed by atoms with Gasteiger partial charge in [0.1, 0.15) is 11.3 Å². The van der Waals surface area contributed by atoms with E-state index >= 15 is 0 Å². The Hall–Kier alpha value is -2.04. The van der Waals surface area contributed by atoms with Gasteiger partial charge in [-0.15, -0.1) is 0 Å². The summed E-state index contributed by atoms with van der Waals surface area (Å²) >= 11 is 0.